The number of aliphatic hydroxyl groups excluding tert-OH is 1. The van der Waals surface area contributed by atoms with E-state index in [2.05, 4.69) is 4.98 Å². The molecule has 110 valence electrons. The van der Waals surface area contributed by atoms with E-state index < -0.39 is 6.10 Å². The molecule has 1 heterocycles. The zero-order valence-electron chi connectivity index (χ0n) is 12.1. The summed E-state index contributed by atoms with van der Waals surface area (Å²) in [5.41, 5.74) is 1.76. The Morgan fingerprint density at radius 1 is 0.952 bits per heavy atom. The summed E-state index contributed by atoms with van der Waals surface area (Å²) >= 11 is 1.89. The molecule has 0 bridgehead atoms. The van der Waals surface area contributed by atoms with Crippen molar-refractivity contribution >= 4 is 11.8 Å². The molecule has 1 aromatic heterocycles. The number of thioether (sulfide) groups is 1. The molecule has 0 unspecified atom stereocenters. The number of aromatic nitrogens is 1. The van der Waals surface area contributed by atoms with E-state index in [1.54, 1.807) is 0 Å². The van der Waals surface area contributed by atoms with Gasteiger partial charge in [0, 0.05) is 17.0 Å². The van der Waals surface area contributed by atoms with E-state index in [-0.39, 0.29) is 0 Å². The van der Waals surface area contributed by atoms with Crippen LogP contribution in [-0.2, 0) is 0 Å². The van der Waals surface area contributed by atoms with Gasteiger partial charge in [0.1, 0.15) is 6.10 Å². The Labute approximate surface area is 130 Å². The first kappa shape index (κ1) is 14.6. The maximum atomic E-state index is 10.4. The van der Waals surface area contributed by atoms with Crippen LogP contribution in [0.5, 0.6) is 0 Å². The lowest BCUT2D eigenvalue weighted by molar-refractivity contribution is 0.219. The number of aliphatic hydroxyl groups is 1. The van der Waals surface area contributed by atoms with Crippen LogP contribution < -0.4 is 0 Å². The van der Waals surface area contributed by atoms with Crippen LogP contribution in [0.3, 0.4) is 0 Å². The van der Waals surface area contributed by atoms with Gasteiger partial charge < -0.3 is 5.11 Å². The van der Waals surface area contributed by atoms with Crippen molar-refractivity contribution < 1.29 is 5.11 Å². The minimum absolute atomic E-state index is 0.590. The molecule has 2 nitrogen and oxygen atoms in total. The molecule has 1 aromatic carbocycles. The summed E-state index contributed by atoms with van der Waals surface area (Å²) in [5, 5.41) is 12.2. The third-order valence-corrected chi connectivity index (χ3v) is 5.32. The van der Waals surface area contributed by atoms with Crippen LogP contribution in [0.15, 0.2) is 53.7 Å². The second-order valence-electron chi connectivity index (χ2n) is 5.62. The zero-order valence-corrected chi connectivity index (χ0v) is 12.9. The molecule has 0 aliphatic heterocycles. The quantitative estimate of drug-likeness (QED) is 0.896. The van der Waals surface area contributed by atoms with Crippen molar-refractivity contribution in [1.29, 1.82) is 0 Å². The molecule has 1 N–H and O–H groups in total. The van der Waals surface area contributed by atoms with Crippen LogP contribution in [-0.4, -0.2) is 15.3 Å². The van der Waals surface area contributed by atoms with Gasteiger partial charge in [0.05, 0.1) is 5.03 Å². The summed E-state index contributed by atoms with van der Waals surface area (Å²) in [4.78, 5) is 4.52. The van der Waals surface area contributed by atoms with Crippen molar-refractivity contribution in [3.63, 3.8) is 0 Å². The minimum Gasteiger partial charge on any atom is -0.384 e. The van der Waals surface area contributed by atoms with Crippen LogP contribution in [0.25, 0.3) is 0 Å². The van der Waals surface area contributed by atoms with Crippen LogP contribution in [0.1, 0.15) is 49.3 Å². The third kappa shape index (κ3) is 3.86. The van der Waals surface area contributed by atoms with Crippen molar-refractivity contribution in [1.82, 2.24) is 4.98 Å². The smallest absolute Gasteiger partial charge is 0.106 e. The van der Waals surface area contributed by atoms with Gasteiger partial charge >= 0.3 is 0 Å². The Kier molecular flexibility index (Phi) is 4.94. The molecule has 1 aliphatic rings. The predicted molar refractivity (Wildman–Crippen MR) is 87.5 cm³/mol. The second-order valence-corrected chi connectivity index (χ2v) is 6.94. The van der Waals surface area contributed by atoms with Gasteiger partial charge in [-0.15, -0.1) is 11.8 Å². The topological polar surface area (TPSA) is 33.1 Å². The van der Waals surface area contributed by atoms with Crippen molar-refractivity contribution in [2.75, 3.05) is 0 Å². The predicted octanol–water partition coefficient (Wildman–Crippen LogP) is 4.59. The first-order valence-corrected chi connectivity index (χ1v) is 8.56. The molecule has 3 rings (SSSR count). The van der Waals surface area contributed by atoms with Gasteiger partial charge in [-0.05, 0) is 24.5 Å². The molecule has 0 saturated heterocycles. The summed E-state index contributed by atoms with van der Waals surface area (Å²) < 4.78 is 0. The Morgan fingerprint density at radius 3 is 2.38 bits per heavy atom. The number of hydrogen-bond donors (Lipinski definition) is 1. The molecular weight excluding hydrogens is 278 g/mol. The van der Waals surface area contributed by atoms with Gasteiger partial charge in [-0.2, -0.15) is 0 Å². The van der Waals surface area contributed by atoms with Gasteiger partial charge in [0.25, 0.3) is 0 Å². The third-order valence-electron chi connectivity index (χ3n) is 4.03. The molecule has 1 fully saturated rings. The Hall–Kier alpha value is -1.32. The average Bonchev–Trinajstić information content (AvgIpc) is 2.57. The highest BCUT2D eigenvalue weighted by molar-refractivity contribution is 7.99. The zero-order chi connectivity index (χ0) is 14.5. The fraction of sp³-hybridized carbons (Fsp3) is 0.389. The normalized spacial score (nSPS) is 17.6. The Morgan fingerprint density at radius 2 is 1.71 bits per heavy atom. The second kappa shape index (κ2) is 7.10. The summed E-state index contributed by atoms with van der Waals surface area (Å²) in [5.74, 6) is 0. The van der Waals surface area contributed by atoms with Crippen LogP contribution in [0.4, 0.5) is 0 Å². The summed E-state index contributed by atoms with van der Waals surface area (Å²) in [6, 6.07) is 13.8. The lowest BCUT2D eigenvalue weighted by Gasteiger charge is -2.20. The van der Waals surface area contributed by atoms with Crippen LogP contribution >= 0.6 is 11.8 Å². The van der Waals surface area contributed by atoms with E-state index in [0.29, 0.717) is 0 Å². The molecular formula is C18H21NOS. The van der Waals surface area contributed by atoms with Gasteiger partial charge in [0.2, 0.25) is 0 Å². The van der Waals surface area contributed by atoms with E-state index in [4.69, 9.17) is 0 Å². The van der Waals surface area contributed by atoms with E-state index in [1.807, 2.05) is 60.4 Å². The molecule has 1 saturated carbocycles. The summed E-state index contributed by atoms with van der Waals surface area (Å²) in [6.45, 7) is 0. The largest absolute Gasteiger partial charge is 0.384 e. The molecule has 21 heavy (non-hydrogen) atoms. The monoisotopic (exact) mass is 299 g/mol. The maximum absolute atomic E-state index is 10.4. The molecule has 1 atom stereocenters. The van der Waals surface area contributed by atoms with Gasteiger partial charge in [-0.25, -0.2) is 4.98 Å². The Balaban J connectivity index is 1.66. The highest BCUT2D eigenvalue weighted by Gasteiger charge is 2.16. The lowest BCUT2D eigenvalue weighted by Crippen LogP contribution is -2.08. The number of benzene rings is 1. The number of nitrogens with zero attached hydrogens (tertiary/aromatic N) is 1. The van der Waals surface area contributed by atoms with E-state index in [1.165, 1.54) is 32.1 Å². The molecule has 3 heteroatoms. The first-order chi connectivity index (χ1) is 10.3. The van der Waals surface area contributed by atoms with Crippen molar-refractivity contribution in [3.05, 3.63) is 59.8 Å². The summed E-state index contributed by atoms with van der Waals surface area (Å²) in [6.07, 6.45) is 7.91. The SMILES string of the molecule is O[C@@H](c1ccccc1)c1ccc(SC2CCCCC2)nc1. The van der Waals surface area contributed by atoms with Crippen LogP contribution in [0.2, 0.25) is 0 Å². The average molecular weight is 299 g/mol. The maximum Gasteiger partial charge on any atom is 0.106 e. The lowest BCUT2D eigenvalue weighted by atomic mass is 10.0. The van der Waals surface area contributed by atoms with Crippen LogP contribution in [0, 0.1) is 0 Å². The van der Waals surface area contributed by atoms with E-state index in [9.17, 15) is 5.11 Å². The number of rotatable bonds is 4. The first-order valence-electron chi connectivity index (χ1n) is 7.68. The molecule has 0 radical (unpaired) electrons. The van der Waals surface area contributed by atoms with E-state index >= 15 is 0 Å². The molecule has 2 aromatic rings. The molecule has 0 spiro atoms. The standard InChI is InChI=1S/C18H21NOS/c20-18(14-7-3-1-4-8-14)15-11-12-17(19-13-15)21-16-9-5-2-6-10-16/h1,3-4,7-8,11-13,16,18,20H,2,5-6,9-10H2/t18-/m0/s1. The Bertz CT molecular complexity index is 549. The fourth-order valence-electron chi connectivity index (χ4n) is 2.80. The van der Waals surface area contributed by atoms with Crippen molar-refractivity contribution in [2.45, 2.75) is 48.5 Å². The molecule has 0 amide bonds. The molecule has 1 aliphatic carbocycles. The van der Waals surface area contributed by atoms with Gasteiger partial charge in [0.15, 0.2) is 0 Å². The van der Waals surface area contributed by atoms with E-state index in [0.717, 1.165) is 21.4 Å². The van der Waals surface area contributed by atoms with Crippen molar-refractivity contribution in [3.8, 4) is 0 Å². The fourth-order valence-corrected chi connectivity index (χ4v) is 3.98. The number of pyridine rings is 1. The van der Waals surface area contributed by atoms with Gasteiger partial charge in [-0.3, -0.25) is 0 Å². The number of hydrogen-bond acceptors (Lipinski definition) is 3. The highest BCUT2D eigenvalue weighted by Crippen LogP contribution is 2.33. The van der Waals surface area contributed by atoms with Gasteiger partial charge in [-0.1, -0.05) is 55.7 Å². The minimum atomic E-state index is -0.590. The highest BCUT2D eigenvalue weighted by atomic mass is 32.2. The van der Waals surface area contributed by atoms with Crippen molar-refractivity contribution in [2.24, 2.45) is 0 Å². The summed E-state index contributed by atoms with van der Waals surface area (Å²) in [7, 11) is 0.